The number of esters is 1. The van der Waals surface area contributed by atoms with Crippen molar-refractivity contribution in [3.05, 3.63) is 29.6 Å². The van der Waals surface area contributed by atoms with Crippen LogP contribution in [0, 0.1) is 17.7 Å². The first kappa shape index (κ1) is 26.7. The number of halogens is 1. The third kappa shape index (κ3) is 5.81. The summed E-state index contributed by atoms with van der Waals surface area (Å²) in [6, 6.07) is 2.00. The van der Waals surface area contributed by atoms with Crippen molar-refractivity contribution in [1.29, 1.82) is 0 Å². The van der Waals surface area contributed by atoms with Crippen molar-refractivity contribution >= 4 is 39.4 Å². The van der Waals surface area contributed by atoms with Gasteiger partial charge in [-0.25, -0.2) is 18.2 Å². The molecule has 2 aliphatic heterocycles. The Morgan fingerprint density at radius 2 is 1.86 bits per heavy atom. The van der Waals surface area contributed by atoms with Gasteiger partial charge in [-0.3, -0.25) is 14.5 Å². The minimum absolute atomic E-state index is 0.0200. The Kier molecular flexibility index (Phi) is 7.36. The summed E-state index contributed by atoms with van der Waals surface area (Å²) in [6.07, 6.45) is 3.54. The van der Waals surface area contributed by atoms with Crippen molar-refractivity contribution in [2.45, 2.75) is 58.8 Å². The van der Waals surface area contributed by atoms with E-state index in [9.17, 15) is 27.9 Å². The maximum atomic E-state index is 15.7. The molecule has 2 fully saturated rings. The highest BCUT2D eigenvalue weighted by molar-refractivity contribution is 7.92. The van der Waals surface area contributed by atoms with E-state index in [1.807, 2.05) is 0 Å². The van der Waals surface area contributed by atoms with Crippen LogP contribution in [0.25, 0.3) is 5.57 Å². The Balaban J connectivity index is 1.58. The molecule has 202 valence electrons. The zero-order valence-corrected chi connectivity index (χ0v) is 21.6. The van der Waals surface area contributed by atoms with Crippen molar-refractivity contribution in [3.8, 4) is 5.75 Å². The van der Waals surface area contributed by atoms with Gasteiger partial charge in [-0.15, -0.1) is 0 Å². The number of hydrogen-bond acceptors (Lipinski definition) is 8. The molecule has 2 N–H and O–H groups in total. The van der Waals surface area contributed by atoms with Gasteiger partial charge in [0.2, 0.25) is 6.29 Å². The molecular formula is C24H30FN3O8S. The van der Waals surface area contributed by atoms with Crippen LogP contribution in [0.3, 0.4) is 0 Å². The van der Waals surface area contributed by atoms with E-state index in [-0.39, 0.29) is 12.1 Å². The lowest BCUT2D eigenvalue weighted by molar-refractivity contribution is -0.169. The number of hydrogen-bond donors (Lipinski definition) is 2. The molecule has 2 heterocycles. The van der Waals surface area contributed by atoms with E-state index < -0.39 is 70.2 Å². The minimum Gasteiger partial charge on any atom is -0.506 e. The molecule has 1 aromatic rings. The molecule has 1 aliphatic carbocycles. The van der Waals surface area contributed by atoms with Gasteiger partial charge in [0, 0.05) is 12.5 Å². The number of amides is 2. The lowest BCUT2D eigenvalue weighted by Gasteiger charge is -2.26. The van der Waals surface area contributed by atoms with E-state index in [0.29, 0.717) is 22.2 Å². The SMILES string of the molecule is CC(C)C(=O)O[C@H](C)OC(=O)N1CC(c2ccc(O)c(N3CC(=O)NS3(=O)=O)c2F)=C[C@H]1CCC1CC1. The number of phenols is 1. The second-order valence-corrected chi connectivity index (χ2v) is 11.4. The molecule has 37 heavy (non-hydrogen) atoms. The highest BCUT2D eigenvalue weighted by Crippen LogP contribution is 2.40. The zero-order chi connectivity index (χ0) is 27.1. The van der Waals surface area contributed by atoms with Gasteiger partial charge in [0.05, 0.1) is 18.5 Å². The molecule has 13 heteroatoms. The molecule has 2 atom stereocenters. The number of anilines is 1. The molecule has 0 radical (unpaired) electrons. The van der Waals surface area contributed by atoms with Crippen LogP contribution in [0.2, 0.25) is 0 Å². The lowest BCUT2D eigenvalue weighted by Crippen LogP contribution is -2.39. The predicted octanol–water partition coefficient (Wildman–Crippen LogP) is 2.65. The lowest BCUT2D eigenvalue weighted by atomic mass is 10.0. The topological polar surface area (TPSA) is 143 Å². The van der Waals surface area contributed by atoms with Crippen LogP contribution in [-0.4, -0.2) is 61.8 Å². The minimum atomic E-state index is -4.36. The van der Waals surface area contributed by atoms with E-state index in [2.05, 4.69) is 0 Å². The Bertz CT molecular complexity index is 1240. The first-order valence-corrected chi connectivity index (χ1v) is 13.5. The Morgan fingerprint density at radius 3 is 2.46 bits per heavy atom. The number of carbonyl (C=O) groups is 3. The zero-order valence-electron chi connectivity index (χ0n) is 20.8. The Labute approximate surface area is 214 Å². The van der Waals surface area contributed by atoms with Crippen molar-refractivity contribution in [1.82, 2.24) is 9.62 Å². The number of rotatable bonds is 8. The third-order valence-corrected chi connectivity index (χ3v) is 7.84. The van der Waals surface area contributed by atoms with Crippen molar-refractivity contribution in [2.24, 2.45) is 11.8 Å². The smallest absolute Gasteiger partial charge is 0.413 e. The van der Waals surface area contributed by atoms with Crippen LogP contribution in [0.5, 0.6) is 5.75 Å². The van der Waals surface area contributed by atoms with E-state index >= 15 is 4.39 Å². The van der Waals surface area contributed by atoms with Gasteiger partial charge in [-0.1, -0.05) is 32.8 Å². The molecular weight excluding hydrogens is 509 g/mol. The van der Waals surface area contributed by atoms with Gasteiger partial charge in [-0.2, -0.15) is 8.42 Å². The Hall–Kier alpha value is -3.35. The molecule has 0 bridgehead atoms. The van der Waals surface area contributed by atoms with E-state index in [4.69, 9.17) is 9.47 Å². The number of aromatic hydroxyl groups is 1. The molecule has 1 saturated heterocycles. The average Bonchev–Trinajstić information content (AvgIpc) is 3.46. The van der Waals surface area contributed by atoms with Crippen LogP contribution in [0.1, 0.15) is 52.0 Å². The standard InChI is InChI=1S/C24H30FN3O8S/c1-13(2)23(31)35-14(3)36-24(32)27-11-16(10-17(27)7-6-15-4-5-15)18-8-9-19(29)22(21(18)25)28-12-20(30)26-37(28,33)34/h8-10,13-15,17,29H,4-7,11-12H2,1-3H3,(H,26,30)/t14-,17+/m0/s1. The molecule has 0 spiro atoms. The molecule has 0 unspecified atom stereocenters. The third-order valence-electron chi connectivity index (χ3n) is 6.47. The second-order valence-electron chi connectivity index (χ2n) is 9.78. The van der Waals surface area contributed by atoms with Crippen LogP contribution in [0.15, 0.2) is 18.2 Å². The Morgan fingerprint density at radius 1 is 1.16 bits per heavy atom. The summed E-state index contributed by atoms with van der Waals surface area (Å²) in [7, 11) is -4.36. The first-order chi connectivity index (χ1) is 17.4. The highest BCUT2D eigenvalue weighted by Gasteiger charge is 2.39. The van der Waals surface area contributed by atoms with Gasteiger partial charge in [0.25, 0.3) is 5.91 Å². The number of ether oxygens (including phenoxy) is 2. The first-order valence-electron chi connectivity index (χ1n) is 12.1. The van der Waals surface area contributed by atoms with Crippen molar-refractivity contribution in [2.75, 3.05) is 17.4 Å². The van der Waals surface area contributed by atoms with Gasteiger partial charge >= 0.3 is 22.3 Å². The summed E-state index contributed by atoms with van der Waals surface area (Å²) in [6.45, 7) is 4.01. The average molecular weight is 540 g/mol. The summed E-state index contributed by atoms with van der Waals surface area (Å²) in [5, 5.41) is 10.3. The molecule has 4 rings (SSSR count). The quantitative estimate of drug-likeness (QED) is 0.379. The summed E-state index contributed by atoms with van der Waals surface area (Å²) in [5.41, 5.74) is -0.283. The fraction of sp³-hybridized carbons (Fsp3) is 0.542. The number of nitrogens with one attached hydrogen (secondary N) is 1. The van der Waals surface area contributed by atoms with Crippen molar-refractivity contribution < 1.29 is 41.8 Å². The molecule has 1 aromatic carbocycles. The predicted molar refractivity (Wildman–Crippen MR) is 130 cm³/mol. The fourth-order valence-electron chi connectivity index (χ4n) is 4.32. The van der Waals surface area contributed by atoms with Gasteiger partial charge < -0.3 is 14.6 Å². The van der Waals surface area contributed by atoms with Gasteiger partial charge in [0.15, 0.2) is 5.82 Å². The van der Waals surface area contributed by atoms with Crippen LogP contribution >= 0.6 is 0 Å². The van der Waals surface area contributed by atoms with Crippen molar-refractivity contribution in [3.63, 3.8) is 0 Å². The van der Waals surface area contributed by atoms with E-state index in [0.717, 1.165) is 25.3 Å². The van der Waals surface area contributed by atoms with Crippen LogP contribution in [0.4, 0.5) is 14.9 Å². The van der Waals surface area contributed by atoms with Gasteiger partial charge in [0.1, 0.15) is 18.0 Å². The number of benzene rings is 1. The maximum Gasteiger partial charge on any atom is 0.413 e. The summed E-state index contributed by atoms with van der Waals surface area (Å²) >= 11 is 0. The normalized spacial score (nSPS) is 21.6. The highest BCUT2D eigenvalue weighted by atomic mass is 32.2. The number of phenolic OH excluding ortho intramolecular Hbond substituents is 1. The summed E-state index contributed by atoms with van der Waals surface area (Å²) < 4.78 is 52.9. The maximum absolute atomic E-state index is 15.7. The largest absolute Gasteiger partial charge is 0.506 e. The van der Waals surface area contributed by atoms with E-state index in [1.54, 1.807) is 24.6 Å². The molecule has 2 amide bonds. The second kappa shape index (κ2) is 10.2. The molecule has 3 aliphatic rings. The number of carbonyl (C=O) groups excluding carboxylic acids is 3. The molecule has 1 saturated carbocycles. The summed E-state index contributed by atoms with van der Waals surface area (Å²) in [5.74, 6) is -2.89. The molecule has 11 nitrogen and oxygen atoms in total. The van der Waals surface area contributed by atoms with E-state index in [1.165, 1.54) is 17.9 Å². The fourth-order valence-corrected chi connectivity index (χ4v) is 5.49. The number of nitrogens with zero attached hydrogens (tertiary/aromatic N) is 2. The van der Waals surface area contributed by atoms with Crippen LogP contribution in [-0.2, 0) is 29.3 Å². The monoisotopic (exact) mass is 539 g/mol. The van der Waals surface area contributed by atoms with Crippen LogP contribution < -0.4 is 9.03 Å². The van der Waals surface area contributed by atoms with Gasteiger partial charge in [-0.05, 0) is 36.5 Å². The summed E-state index contributed by atoms with van der Waals surface area (Å²) in [4.78, 5) is 37.9. The molecule has 0 aromatic heterocycles.